The van der Waals surface area contributed by atoms with E-state index in [1.165, 1.54) is 0 Å². The van der Waals surface area contributed by atoms with E-state index in [2.05, 4.69) is 10.2 Å². The molecule has 0 unspecified atom stereocenters. The molecule has 72 valence electrons. The Morgan fingerprint density at radius 1 is 1.69 bits per heavy atom. The highest BCUT2D eigenvalue weighted by molar-refractivity contribution is 5.75. The summed E-state index contributed by atoms with van der Waals surface area (Å²) >= 11 is 0. The van der Waals surface area contributed by atoms with Crippen LogP contribution in [-0.2, 0) is 11.3 Å². The van der Waals surface area contributed by atoms with Crippen LogP contribution in [0.25, 0.3) is 0 Å². The molecule has 0 saturated carbocycles. The van der Waals surface area contributed by atoms with Crippen molar-refractivity contribution in [2.75, 3.05) is 13.6 Å². The fraction of sp³-hybridized carbons (Fsp3) is 0.625. The molecule has 0 aromatic carbocycles. The molecule has 0 saturated heterocycles. The Kier molecular flexibility index (Phi) is 3.00. The van der Waals surface area contributed by atoms with Crippen molar-refractivity contribution in [3.8, 4) is 0 Å². The van der Waals surface area contributed by atoms with Crippen molar-refractivity contribution in [1.29, 1.82) is 0 Å². The molecule has 0 fully saturated rings. The van der Waals surface area contributed by atoms with Crippen molar-refractivity contribution >= 4 is 5.91 Å². The van der Waals surface area contributed by atoms with Crippen molar-refractivity contribution < 1.29 is 4.79 Å². The quantitative estimate of drug-likeness (QED) is 0.664. The van der Waals surface area contributed by atoms with Crippen LogP contribution in [0.1, 0.15) is 12.7 Å². The number of aryl methyl sites for hydroxylation is 1. The van der Waals surface area contributed by atoms with Gasteiger partial charge in [0.25, 0.3) is 0 Å². The first-order chi connectivity index (χ1) is 6.15. The van der Waals surface area contributed by atoms with Crippen LogP contribution in [0.2, 0.25) is 0 Å². The Morgan fingerprint density at radius 2 is 2.38 bits per heavy atom. The van der Waals surface area contributed by atoms with Gasteiger partial charge in [0, 0.05) is 13.6 Å². The molecule has 5 nitrogen and oxygen atoms in total. The van der Waals surface area contributed by atoms with Crippen molar-refractivity contribution in [2.45, 2.75) is 20.4 Å². The third-order valence-electron chi connectivity index (χ3n) is 2.01. The van der Waals surface area contributed by atoms with Crippen LogP contribution in [0.15, 0.2) is 6.33 Å². The number of hydrogen-bond acceptors (Lipinski definition) is 3. The molecule has 0 N–H and O–H groups in total. The molecule has 0 bridgehead atoms. The van der Waals surface area contributed by atoms with Crippen molar-refractivity contribution in [3.05, 3.63) is 12.2 Å². The van der Waals surface area contributed by atoms with E-state index in [0.29, 0.717) is 6.54 Å². The predicted octanol–water partition coefficient (Wildman–Crippen LogP) is 0.0648. The van der Waals surface area contributed by atoms with Gasteiger partial charge in [0.1, 0.15) is 18.7 Å². The number of amides is 1. The minimum absolute atomic E-state index is 0.0744. The van der Waals surface area contributed by atoms with Gasteiger partial charge >= 0.3 is 0 Å². The smallest absolute Gasteiger partial charge is 0.242 e. The molecule has 0 aliphatic heterocycles. The number of hydrogen-bond donors (Lipinski definition) is 0. The second-order valence-electron chi connectivity index (χ2n) is 2.91. The summed E-state index contributed by atoms with van der Waals surface area (Å²) in [5.41, 5.74) is 0. The Hall–Kier alpha value is -1.39. The van der Waals surface area contributed by atoms with Crippen molar-refractivity contribution in [3.63, 3.8) is 0 Å². The summed E-state index contributed by atoms with van der Waals surface area (Å²) in [5, 5.41) is 7.50. The number of carbonyl (C=O) groups excluding carboxylic acids is 1. The summed E-state index contributed by atoms with van der Waals surface area (Å²) in [6, 6.07) is 0. The Bertz CT molecular complexity index is 294. The number of nitrogens with zero attached hydrogens (tertiary/aromatic N) is 4. The third kappa shape index (κ3) is 2.27. The van der Waals surface area contributed by atoms with Gasteiger partial charge in [-0.15, -0.1) is 10.2 Å². The molecular formula is C8H14N4O. The molecule has 0 aliphatic carbocycles. The van der Waals surface area contributed by atoms with Crippen LogP contribution in [0.4, 0.5) is 0 Å². The zero-order chi connectivity index (χ0) is 9.84. The molecule has 0 aliphatic rings. The van der Waals surface area contributed by atoms with E-state index in [1.54, 1.807) is 22.8 Å². The fourth-order valence-electron chi connectivity index (χ4n) is 0.911. The van der Waals surface area contributed by atoms with E-state index in [-0.39, 0.29) is 5.91 Å². The Morgan fingerprint density at radius 3 is 2.85 bits per heavy atom. The molecule has 1 amide bonds. The summed E-state index contributed by atoms with van der Waals surface area (Å²) in [4.78, 5) is 13.1. The standard InChI is InChI=1S/C8H14N4O/c1-4-11(3)8(13)5-12-6-9-10-7(12)2/h6H,4-5H2,1-3H3. The summed E-state index contributed by atoms with van der Waals surface area (Å²) in [6.45, 7) is 4.81. The largest absolute Gasteiger partial charge is 0.344 e. The molecule has 1 rings (SSSR count). The van der Waals surface area contributed by atoms with Crippen LogP contribution >= 0.6 is 0 Å². The molecule has 13 heavy (non-hydrogen) atoms. The molecule has 1 heterocycles. The van der Waals surface area contributed by atoms with Gasteiger partial charge in [0.05, 0.1) is 0 Å². The number of aromatic nitrogens is 3. The van der Waals surface area contributed by atoms with Crippen LogP contribution in [0.5, 0.6) is 0 Å². The van der Waals surface area contributed by atoms with Gasteiger partial charge < -0.3 is 9.47 Å². The second-order valence-corrected chi connectivity index (χ2v) is 2.91. The number of rotatable bonds is 3. The Balaban J connectivity index is 2.60. The van der Waals surface area contributed by atoms with E-state index in [9.17, 15) is 4.79 Å². The van der Waals surface area contributed by atoms with Gasteiger partial charge in [-0.05, 0) is 13.8 Å². The van der Waals surface area contributed by atoms with Crippen LogP contribution in [-0.4, -0.2) is 39.2 Å². The van der Waals surface area contributed by atoms with E-state index >= 15 is 0 Å². The lowest BCUT2D eigenvalue weighted by atomic mass is 10.5. The van der Waals surface area contributed by atoms with Crippen LogP contribution in [0.3, 0.4) is 0 Å². The zero-order valence-electron chi connectivity index (χ0n) is 8.19. The molecule has 0 atom stereocenters. The van der Waals surface area contributed by atoms with E-state index in [1.807, 2.05) is 13.8 Å². The average Bonchev–Trinajstić information content (AvgIpc) is 2.50. The van der Waals surface area contributed by atoms with Gasteiger partial charge in [-0.3, -0.25) is 4.79 Å². The van der Waals surface area contributed by atoms with Gasteiger partial charge in [0.15, 0.2) is 0 Å². The lowest BCUT2D eigenvalue weighted by Gasteiger charge is -2.14. The first kappa shape index (κ1) is 9.70. The number of likely N-dealkylation sites (N-methyl/N-ethyl adjacent to an activating group) is 1. The molecule has 0 radical (unpaired) electrons. The van der Waals surface area contributed by atoms with Gasteiger partial charge in [-0.25, -0.2) is 0 Å². The van der Waals surface area contributed by atoms with Crippen molar-refractivity contribution in [1.82, 2.24) is 19.7 Å². The maximum Gasteiger partial charge on any atom is 0.242 e. The topological polar surface area (TPSA) is 51.0 Å². The lowest BCUT2D eigenvalue weighted by Crippen LogP contribution is -2.29. The van der Waals surface area contributed by atoms with Gasteiger partial charge in [-0.1, -0.05) is 0 Å². The minimum atomic E-state index is 0.0744. The first-order valence-electron chi connectivity index (χ1n) is 4.23. The molecular weight excluding hydrogens is 168 g/mol. The summed E-state index contributed by atoms with van der Waals surface area (Å²) in [5.74, 6) is 0.836. The number of carbonyl (C=O) groups is 1. The monoisotopic (exact) mass is 182 g/mol. The lowest BCUT2D eigenvalue weighted by molar-refractivity contribution is -0.130. The summed E-state index contributed by atoms with van der Waals surface area (Å²) in [6.07, 6.45) is 1.57. The van der Waals surface area contributed by atoms with E-state index < -0.39 is 0 Å². The highest BCUT2D eigenvalue weighted by Crippen LogP contribution is 1.94. The maximum absolute atomic E-state index is 11.4. The van der Waals surface area contributed by atoms with Crippen LogP contribution in [0, 0.1) is 6.92 Å². The molecule has 0 spiro atoms. The second kappa shape index (κ2) is 4.02. The highest BCUT2D eigenvalue weighted by Gasteiger charge is 2.08. The minimum Gasteiger partial charge on any atom is -0.344 e. The highest BCUT2D eigenvalue weighted by atomic mass is 16.2. The van der Waals surface area contributed by atoms with Gasteiger partial charge in [-0.2, -0.15) is 0 Å². The summed E-state index contributed by atoms with van der Waals surface area (Å²) in [7, 11) is 1.78. The predicted molar refractivity (Wildman–Crippen MR) is 48.1 cm³/mol. The molecule has 5 heteroatoms. The maximum atomic E-state index is 11.4. The Labute approximate surface area is 77.4 Å². The summed E-state index contributed by atoms with van der Waals surface area (Å²) < 4.78 is 1.73. The average molecular weight is 182 g/mol. The SMILES string of the molecule is CCN(C)C(=O)Cn1cnnc1C. The van der Waals surface area contributed by atoms with E-state index in [0.717, 1.165) is 12.4 Å². The van der Waals surface area contributed by atoms with Crippen LogP contribution < -0.4 is 0 Å². The first-order valence-corrected chi connectivity index (χ1v) is 4.23. The zero-order valence-corrected chi connectivity index (χ0v) is 8.19. The van der Waals surface area contributed by atoms with E-state index in [4.69, 9.17) is 0 Å². The molecule has 1 aromatic heterocycles. The van der Waals surface area contributed by atoms with Gasteiger partial charge in [0.2, 0.25) is 5.91 Å². The van der Waals surface area contributed by atoms with Crippen molar-refractivity contribution in [2.24, 2.45) is 0 Å². The fourth-order valence-corrected chi connectivity index (χ4v) is 0.911. The molecule has 1 aromatic rings. The third-order valence-corrected chi connectivity index (χ3v) is 2.01. The normalized spacial score (nSPS) is 10.1.